The summed E-state index contributed by atoms with van der Waals surface area (Å²) in [6.07, 6.45) is 5.97. The summed E-state index contributed by atoms with van der Waals surface area (Å²) in [4.78, 5) is 35.2. The molecule has 3 atom stereocenters. The minimum absolute atomic E-state index is 0.0405. The van der Waals surface area contributed by atoms with Gasteiger partial charge in [-0.25, -0.2) is 24.5 Å². The second-order valence-electron chi connectivity index (χ2n) is 10.6. The molecule has 0 amide bonds. The molecule has 0 saturated heterocycles. The zero-order valence-corrected chi connectivity index (χ0v) is 24.5. The Kier molecular flexibility index (Phi) is 12.6. The molecule has 3 unspecified atom stereocenters. The van der Waals surface area contributed by atoms with Crippen LogP contribution in [0.4, 0.5) is 5.82 Å². The molecule has 1 fully saturated rings. The molecule has 0 radical (unpaired) electrons. The number of nitrogens with one attached hydrogen (secondary N) is 1. The summed E-state index contributed by atoms with van der Waals surface area (Å²) in [5.41, 5.74) is 5.85. The first-order valence-corrected chi connectivity index (χ1v) is 14.6. The van der Waals surface area contributed by atoms with E-state index >= 15 is 0 Å². The van der Waals surface area contributed by atoms with Crippen LogP contribution in [0.3, 0.4) is 0 Å². The van der Waals surface area contributed by atoms with Crippen molar-refractivity contribution in [3.8, 4) is 0 Å². The van der Waals surface area contributed by atoms with E-state index in [2.05, 4.69) is 20.0 Å². The highest BCUT2D eigenvalue weighted by molar-refractivity contribution is 7.42. The molecule has 0 aliphatic heterocycles. The summed E-state index contributed by atoms with van der Waals surface area (Å²) in [5, 5.41) is 11.6. The molecule has 2 heterocycles. The van der Waals surface area contributed by atoms with Gasteiger partial charge in [0.1, 0.15) is 24.1 Å². The van der Waals surface area contributed by atoms with E-state index in [1.54, 1.807) is 24.7 Å². The molecule has 218 valence electrons. The number of nitrogens with zero attached hydrogens (tertiary/aromatic N) is 4. The lowest BCUT2D eigenvalue weighted by molar-refractivity contribution is -0.157. The number of aliphatic hydroxyl groups is 1. The topological polar surface area (TPSA) is 181 Å². The van der Waals surface area contributed by atoms with Crippen LogP contribution in [0.25, 0.3) is 11.2 Å². The van der Waals surface area contributed by atoms with Gasteiger partial charge in [0.15, 0.2) is 17.0 Å². The monoisotopic (exact) mass is 569 g/mol. The molecule has 1 aliphatic rings. The van der Waals surface area contributed by atoms with E-state index in [0.717, 1.165) is 25.7 Å². The Hall–Kier alpha value is -2.73. The predicted octanol–water partition coefficient (Wildman–Crippen LogP) is 2.93. The van der Waals surface area contributed by atoms with Crippen molar-refractivity contribution in [1.82, 2.24) is 24.6 Å². The number of hydrogen-bond donors (Lipinski definition) is 3. The van der Waals surface area contributed by atoms with Gasteiger partial charge in [-0.3, -0.25) is 0 Å². The number of carbonyl (C=O) groups is 2. The maximum absolute atomic E-state index is 12.3. The largest absolute Gasteiger partial charge is 0.464 e. The number of fused-ring (bicyclic) bond motifs is 1. The fourth-order valence-electron chi connectivity index (χ4n) is 3.64. The van der Waals surface area contributed by atoms with Gasteiger partial charge in [0.05, 0.1) is 25.6 Å². The van der Waals surface area contributed by atoms with Crippen LogP contribution < -0.4 is 10.8 Å². The van der Waals surface area contributed by atoms with Gasteiger partial charge in [-0.2, -0.15) is 0 Å². The van der Waals surface area contributed by atoms with Crippen molar-refractivity contribution in [2.45, 2.75) is 97.6 Å². The second kappa shape index (κ2) is 15.2. The average molecular weight is 570 g/mol. The lowest BCUT2D eigenvalue weighted by Crippen LogP contribution is -2.45. The molecule has 2 aromatic heterocycles. The lowest BCUT2D eigenvalue weighted by atomic mass is 10.1. The molecule has 4 N–H and O–H groups in total. The van der Waals surface area contributed by atoms with Crippen LogP contribution in [0.15, 0.2) is 12.7 Å². The average Bonchev–Trinajstić information content (AvgIpc) is 3.52. The van der Waals surface area contributed by atoms with Gasteiger partial charge in [0, 0.05) is 0 Å². The van der Waals surface area contributed by atoms with Gasteiger partial charge in [0.2, 0.25) is 0 Å². The second-order valence-corrected chi connectivity index (χ2v) is 11.8. The van der Waals surface area contributed by atoms with Gasteiger partial charge in [-0.15, -0.1) is 0 Å². The third kappa shape index (κ3) is 10.7. The highest BCUT2D eigenvalue weighted by Crippen LogP contribution is 2.23. The molecule has 1 saturated carbocycles. The fourth-order valence-corrected chi connectivity index (χ4v) is 4.81. The summed E-state index contributed by atoms with van der Waals surface area (Å²) < 4.78 is 30.0. The molecule has 3 rings (SSSR count). The van der Waals surface area contributed by atoms with Crippen molar-refractivity contribution in [3.63, 3.8) is 0 Å². The Morgan fingerprint density at radius 3 is 2.49 bits per heavy atom. The van der Waals surface area contributed by atoms with Crippen LogP contribution in [-0.2, 0) is 34.9 Å². The molecule has 0 aromatic carbocycles. The number of nitrogen functional groups attached to an aromatic ring is 1. The van der Waals surface area contributed by atoms with E-state index in [1.165, 1.54) is 13.3 Å². The van der Waals surface area contributed by atoms with Crippen molar-refractivity contribution in [3.05, 3.63) is 12.7 Å². The van der Waals surface area contributed by atoms with Crippen LogP contribution in [0.2, 0.25) is 0 Å². The standard InChI is InChI=1S/C17H28N6O4P.C8H14O3/c1-11(2)7-26-16(24)17(4,5)22-28(25)10-27-12(3)6-23-9-21-13-14(18)19-8-20-15(13)23;1-6(9)8(10)11-7-4-2-3-5-7/h8-9,11-12H,6-7,10H2,1-5H3,(H,22,25)(H2,18,19,20);6-7,9H,2-5H2,1H3/q+1;. The molecular formula is C25H42N6O7P+. The van der Waals surface area contributed by atoms with E-state index in [4.69, 9.17) is 25.1 Å². The SMILES string of the molecule is CC(C)COC(=O)C(C)(C)N[P+](=O)COC(C)Cn1cnc2c(N)ncnc21.CC(O)C(=O)OC1CCCC1. The van der Waals surface area contributed by atoms with Crippen LogP contribution in [0.1, 0.15) is 67.2 Å². The van der Waals surface area contributed by atoms with Gasteiger partial charge in [-0.1, -0.05) is 18.9 Å². The molecule has 2 aromatic rings. The summed E-state index contributed by atoms with van der Waals surface area (Å²) in [5.74, 6) is -0.384. The minimum atomic E-state index is -1.96. The van der Waals surface area contributed by atoms with Crippen LogP contribution in [-0.4, -0.2) is 73.4 Å². The highest BCUT2D eigenvalue weighted by Gasteiger charge is 2.37. The molecule has 39 heavy (non-hydrogen) atoms. The normalized spacial score (nSPS) is 15.9. The molecule has 1 aliphatic carbocycles. The van der Waals surface area contributed by atoms with E-state index in [1.807, 2.05) is 20.8 Å². The molecular weight excluding hydrogens is 527 g/mol. The van der Waals surface area contributed by atoms with E-state index < -0.39 is 31.5 Å². The number of aliphatic hydroxyl groups excluding tert-OH is 1. The minimum Gasteiger partial charge on any atom is -0.464 e. The van der Waals surface area contributed by atoms with Crippen molar-refractivity contribution in [2.75, 3.05) is 18.7 Å². The van der Waals surface area contributed by atoms with E-state index in [0.29, 0.717) is 30.1 Å². The summed E-state index contributed by atoms with van der Waals surface area (Å²) >= 11 is 0. The quantitative estimate of drug-likeness (QED) is 0.251. The van der Waals surface area contributed by atoms with E-state index in [9.17, 15) is 14.2 Å². The summed E-state index contributed by atoms with van der Waals surface area (Å²) in [6, 6.07) is 0. The summed E-state index contributed by atoms with van der Waals surface area (Å²) in [6.45, 7) is 11.2. The number of hydrogen-bond acceptors (Lipinski definition) is 11. The third-order valence-electron chi connectivity index (χ3n) is 5.75. The Balaban J connectivity index is 0.000000404. The van der Waals surface area contributed by atoms with Crippen LogP contribution >= 0.6 is 7.95 Å². The number of nitrogens with two attached hydrogens (primary N) is 1. The van der Waals surface area contributed by atoms with Crippen LogP contribution in [0.5, 0.6) is 0 Å². The number of anilines is 1. The molecule has 0 bridgehead atoms. The van der Waals surface area contributed by atoms with Gasteiger partial charge >= 0.3 is 19.9 Å². The predicted molar refractivity (Wildman–Crippen MR) is 146 cm³/mol. The lowest BCUT2D eigenvalue weighted by Gasteiger charge is -2.19. The summed E-state index contributed by atoms with van der Waals surface area (Å²) in [7, 11) is -1.96. The maximum Gasteiger partial charge on any atom is 0.461 e. The zero-order valence-electron chi connectivity index (χ0n) is 23.6. The first-order valence-electron chi connectivity index (χ1n) is 13.1. The van der Waals surface area contributed by atoms with Gasteiger partial charge in [-0.05, 0) is 63.9 Å². The smallest absolute Gasteiger partial charge is 0.461 e. The number of esters is 2. The van der Waals surface area contributed by atoms with Crippen molar-refractivity contribution < 1.29 is 33.5 Å². The zero-order chi connectivity index (χ0) is 29.2. The first-order chi connectivity index (χ1) is 18.3. The number of ether oxygens (including phenoxy) is 3. The maximum atomic E-state index is 12.3. The van der Waals surface area contributed by atoms with Crippen molar-refractivity contribution in [1.29, 1.82) is 0 Å². The number of imidazole rings is 1. The van der Waals surface area contributed by atoms with Crippen molar-refractivity contribution in [2.24, 2.45) is 5.92 Å². The molecule has 13 nitrogen and oxygen atoms in total. The number of rotatable bonds is 12. The Morgan fingerprint density at radius 1 is 1.21 bits per heavy atom. The Bertz CT molecular complexity index is 1100. The number of aromatic nitrogens is 4. The third-order valence-corrected chi connectivity index (χ3v) is 6.94. The first kappa shape index (κ1) is 32.5. The number of carbonyl (C=O) groups excluding carboxylic acids is 2. The van der Waals surface area contributed by atoms with Gasteiger partial charge < -0.3 is 29.6 Å². The molecule has 14 heteroatoms. The molecule has 0 spiro atoms. The van der Waals surface area contributed by atoms with Gasteiger partial charge in [0.25, 0.3) is 6.35 Å². The Labute approximate surface area is 230 Å². The van der Waals surface area contributed by atoms with Crippen LogP contribution in [0, 0.1) is 5.92 Å². The highest BCUT2D eigenvalue weighted by atomic mass is 31.1. The Morgan fingerprint density at radius 2 is 1.87 bits per heavy atom. The van der Waals surface area contributed by atoms with Crippen molar-refractivity contribution >= 4 is 36.9 Å². The van der Waals surface area contributed by atoms with E-state index in [-0.39, 0.29) is 24.5 Å². The fraction of sp³-hybridized carbons (Fsp3) is 0.720.